The van der Waals surface area contributed by atoms with Crippen LogP contribution < -0.4 is 0 Å². The van der Waals surface area contributed by atoms with Gasteiger partial charge >= 0.3 is 0 Å². The predicted molar refractivity (Wildman–Crippen MR) is 73.2 cm³/mol. The Hall–Kier alpha value is -1.62. The molecule has 0 aliphatic rings. The first-order chi connectivity index (χ1) is 8.60. The molecule has 1 rings (SSSR count). The first kappa shape index (κ1) is 14.4. The highest BCUT2D eigenvalue weighted by molar-refractivity contribution is 5.50. The smallest absolute Gasteiger partial charge is 0.120 e. The molecule has 0 aliphatic carbocycles. The Morgan fingerprint density at radius 3 is 2.33 bits per heavy atom. The number of hydrogen-bond acceptors (Lipinski definition) is 2. The third-order valence-corrected chi connectivity index (χ3v) is 3.72. The van der Waals surface area contributed by atoms with E-state index in [4.69, 9.17) is 0 Å². The number of benzene rings is 1. The summed E-state index contributed by atoms with van der Waals surface area (Å²) < 4.78 is 0. The lowest BCUT2D eigenvalue weighted by Gasteiger charge is -2.31. The molecule has 0 radical (unpaired) electrons. The molecule has 0 aliphatic heterocycles. The number of aldehydes is 1. The minimum Gasteiger partial charge on any atom is -0.303 e. The predicted octanol–water partition coefficient (Wildman–Crippen LogP) is 3.65. The number of rotatable bonds is 6. The molecule has 1 atom stereocenters. The van der Waals surface area contributed by atoms with Crippen molar-refractivity contribution in [2.75, 3.05) is 0 Å². The minimum atomic E-state index is -0.548. The van der Waals surface area contributed by atoms with Crippen LogP contribution in [0.25, 0.3) is 0 Å². The minimum absolute atomic E-state index is 0.190. The van der Waals surface area contributed by atoms with Crippen molar-refractivity contribution in [1.29, 1.82) is 5.26 Å². The summed E-state index contributed by atoms with van der Waals surface area (Å²) in [6.07, 6.45) is 2.92. The van der Waals surface area contributed by atoms with Crippen molar-refractivity contribution in [2.24, 2.45) is 5.92 Å². The molecule has 1 unspecified atom stereocenters. The number of carbonyl (C=O) groups excluding carboxylic acids is 1. The van der Waals surface area contributed by atoms with E-state index in [0.717, 1.165) is 18.3 Å². The Balaban J connectivity index is 3.15. The third kappa shape index (κ3) is 2.79. The lowest BCUT2D eigenvalue weighted by Crippen LogP contribution is -2.30. The van der Waals surface area contributed by atoms with Crippen LogP contribution in [0.4, 0.5) is 0 Å². The summed E-state index contributed by atoms with van der Waals surface area (Å²) >= 11 is 0. The van der Waals surface area contributed by atoms with Gasteiger partial charge in [-0.25, -0.2) is 0 Å². The summed E-state index contributed by atoms with van der Waals surface area (Å²) in [5.74, 6) is 0.190. The Morgan fingerprint density at radius 1 is 1.33 bits per heavy atom. The highest BCUT2D eigenvalue weighted by Gasteiger charge is 2.35. The van der Waals surface area contributed by atoms with E-state index in [1.165, 1.54) is 5.56 Å². The topological polar surface area (TPSA) is 40.9 Å². The van der Waals surface area contributed by atoms with E-state index in [2.05, 4.69) is 25.1 Å². The number of aryl methyl sites for hydroxylation is 1. The molecule has 0 amide bonds. The maximum absolute atomic E-state index is 10.6. The molecule has 0 saturated carbocycles. The fraction of sp³-hybridized carbons (Fsp3) is 0.500. The molecule has 0 N–H and O–H groups in total. The highest BCUT2D eigenvalue weighted by atomic mass is 16.1. The molecule has 2 heteroatoms. The number of hydrogen-bond donors (Lipinski definition) is 0. The fourth-order valence-corrected chi connectivity index (χ4v) is 2.34. The maximum Gasteiger partial charge on any atom is 0.120 e. The summed E-state index contributed by atoms with van der Waals surface area (Å²) in [6.45, 7) is 6.20. The van der Waals surface area contributed by atoms with E-state index >= 15 is 0 Å². The van der Waals surface area contributed by atoms with Gasteiger partial charge in [-0.2, -0.15) is 5.26 Å². The maximum atomic E-state index is 10.6. The molecule has 0 aromatic heterocycles. The molecular formula is C16H21NO. The monoisotopic (exact) mass is 243 g/mol. The fourth-order valence-electron chi connectivity index (χ4n) is 2.34. The van der Waals surface area contributed by atoms with Crippen LogP contribution in [-0.4, -0.2) is 6.29 Å². The van der Waals surface area contributed by atoms with Crippen molar-refractivity contribution >= 4 is 6.29 Å². The molecule has 0 fully saturated rings. The summed E-state index contributed by atoms with van der Waals surface area (Å²) in [5, 5.41) is 9.59. The van der Waals surface area contributed by atoms with E-state index in [1.807, 2.05) is 26.0 Å². The van der Waals surface area contributed by atoms with Gasteiger partial charge in [-0.05, 0) is 29.9 Å². The van der Waals surface area contributed by atoms with Gasteiger partial charge in [0.2, 0.25) is 0 Å². The van der Waals surface area contributed by atoms with Gasteiger partial charge in [-0.3, -0.25) is 0 Å². The van der Waals surface area contributed by atoms with Crippen molar-refractivity contribution < 1.29 is 4.79 Å². The van der Waals surface area contributed by atoms with Crippen molar-refractivity contribution in [3.05, 3.63) is 35.4 Å². The van der Waals surface area contributed by atoms with Gasteiger partial charge in [0.15, 0.2) is 0 Å². The lowest BCUT2D eigenvalue weighted by molar-refractivity contribution is -0.108. The van der Waals surface area contributed by atoms with E-state index in [0.29, 0.717) is 12.8 Å². The van der Waals surface area contributed by atoms with Crippen molar-refractivity contribution in [3.8, 4) is 6.07 Å². The molecule has 0 heterocycles. The Kier molecular flexibility index (Phi) is 5.09. The molecule has 1 aromatic carbocycles. The average Bonchev–Trinajstić information content (AvgIpc) is 2.40. The zero-order chi connectivity index (χ0) is 13.6. The Morgan fingerprint density at radius 2 is 1.94 bits per heavy atom. The van der Waals surface area contributed by atoms with E-state index in [-0.39, 0.29) is 5.92 Å². The van der Waals surface area contributed by atoms with E-state index in [9.17, 15) is 10.1 Å². The summed E-state index contributed by atoms with van der Waals surface area (Å²) in [7, 11) is 0. The van der Waals surface area contributed by atoms with Crippen molar-refractivity contribution in [2.45, 2.75) is 45.4 Å². The van der Waals surface area contributed by atoms with Crippen LogP contribution >= 0.6 is 0 Å². The van der Waals surface area contributed by atoms with Crippen LogP contribution in [0.15, 0.2) is 24.3 Å². The molecule has 96 valence electrons. The van der Waals surface area contributed by atoms with Crippen molar-refractivity contribution in [1.82, 2.24) is 0 Å². The van der Waals surface area contributed by atoms with Crippen LogP contribution in [0.3, 0.4) is 0 Å². The molecule has 18 heavy (non-hydrogen) atoms. The summed E-state index contributed by atoms with van der Waals surface area (Å²) in [5.41, 5.74) is 1.75. The molecule has 0 bridgehead atoms. The van der Waals surface area contributed by atoms with Gasteiger partial charge in [0.25, 0.3) is 0 Å². The highest BCUT2D eigenvalue weighted by Crippen LogP contribution is 2.36. The van der Waals surface area contributed by atoms with E-state index in [1.54, 1.807) is 0 Å². The van der Waals surface area contributed by atoms with Gasteiger partial charge in [0.1, 0.15) is 6.29 Å². The van der Waals surface area contributed by atoms with Crippen LogP contribution in [0, 0.1) is 17.2 Å². The summed E-state index contributed by atoms with van der Waals surface area (Å²) in [6, 6.07) is 10.7. The summed E-state index contributed by atoms with van der Waals surface area (Å²) in [4.78, 5) is 10.6. The average molecular weight is 243 g/mol. The molecular weight excluding hydrogens is 222 g/mol. The second kappa shape index (κ2) is 6.35. The Bertz CT molecular complexity index is 427. The number of carbonyl (C=O) groups is 1. The number of nitrogens with zero attached hydrogens (tertiary/aromatic N) is 1. The molecule has 0 saturated heterocycles. The quantitative estimate of drug-likeness (QED) is 0.716. The second-order valence-corrected chi connectivity index (χ2v) is 4.99. The normalized spacial score (nSPS) is 13.9. The second-order valence-electron chi connectivity index (χ2n) is 4.99. The van der Waals surface area contributed by atoms with Crippen LogP contribution in [-0.2, 0) is 16.6 Å². The standard InChI is InChI=1S/C16H21NO/c1-4-14-6-8-15(9-7-14)16(12-17,13(2)3)10-5-11-18/h6-9,11,13H,4-5,10H2,1-3H3. The van der Waals surface area contributed by atoms with Gasteiger partial charge in [0, 0.05) is 6.42 Å². The third-order valence-electron chi connectivity index (χ3n) is 3.72. The Labute approximate surface area is 110 Å². The van der Waals surface area contributed by atoms with Crippen molar-refractivity contribution in [3.63, 3.8) is 0 Å². The zero-order valence-electron chi connectivity index (χ0n) is 11.4. The van der Waals surface area contributed by atoms with Crippen LogP contribution in [0.2, 0.25) is 0 Å². The van der Waals surface area contributed by atoms with Gasteiger partial charge < -0.3 is 4.79 Å². The SMILES string of the molecule is CCc1ccc(C(C#N)(CCC=O)C(C)C)cc1. The van der Waals surface area contributed by atoms with Gasteiger partial charge in [0.05, 0.1) is 11.5 Å². The van der Waals surface area contributed by atoms with Gasteiger partial charge in [-0.1, -0.05) is 45.0 Å². The number of nitriles is 1. The molecule has 0 spiro atoms. The van der Waals surface area contributed by atoms with Crippen LogP contribution in [0.1, 0.15) is 44.7 Å². The lowest BCUT2D eigenvalue weighted by atomic mass is 9.70. The van der Waals surface area contributed by atoms with Crippen LogP contribution in [0.5, 0.6) is 0 Å². The first-order valence-corrected chi connectivity index (χ1v) is 6.55. The zero-order valence-corrected chi connectivity index (χ0v) is 11.4. The van der Waals surface area contributed by atoms with E-state index < -0.39 is 5.41 Å². The molecule has 1 aromatic rings. The van der Waals surface area contributed by atoms with Gasteiger partial charge in [-0.15, -0.1) is 0 Å². The first-order valence-electron chi connectivity index (χ1n) is 6.55. The largest absolute Gasteiger partial charge is 0.303 e. The molecule has 2 nitrogen and oxygen atoms in total.